The second-order valence-corrected chi connectivity index (χ2v) is 5.56. The minimum atomic E-state index is -0.477. The predicted molar refractivity (Wildman–Crippen MR) is 75.7 cm³/mol. The van der Waals surface area contributed by atoms with Gasteiger partial charge in [-0.3, -0.25) is 0 Å². The highest BCUT2D eigenvalue weighted by molar-refractivity contribution is 5.52. The molecule has 5 heteroatoms. The van der Waals surface area contributed by atoms with Gasteiger partial charge in [-0.15, -0.1) is 0 Å². The standard InChI is InChI=1S/C15H23NO4/c17-9-12-4-2-1-3-10(12)7-16-8-11-5-6-13(18)15(20)14(11)19/h5-6,10,12,16-20H,1-4,7-9H2. The summed E-state index contributed by atoms with van der Waals surface area (Å²) in [6.45, 7) is 1.44. The van der Waals surface area contributed by atoms with Crippen LogP contribution in [-0.2, 0) is 6.54 Å². The largest absolute Gasteiger partial charge is 0.504 e. The first-order chi connectivity index (χ1) is 9.63. The summed E-state index contributed by atoms with van der Waals surface area (Å²) in [6, 6.07) is 2.95. The molecule has 2 unspecified atom stereocenters. The number of phenolic OH excluding ortho intramolecular Hbond substituents is 3. The van der Waals surface area contributed by atoms with Crippen LogP contribution in [0.2, 0.25) is 0 Å². The van der Waals surface area contributed by atoms with Crippen molar-refractivity contribution in [3.63, 3.8) is 0 Å². The number of hydrogen-bond acceptors (Lipinski definition) is 5. The Hall–Kier alpha value is -1.46. The second kappa shape index (κ2) is 6.81. The quantitative estimate of drug-likeness (QED) is 0.530. The van der Waals surface area contributed by atoms with Crippen molar-refractivity contribution >= 4 is 0 Å². The average molecular weight is 281 g/mol. The number of hydrogen-bond donors (Lipinski definition) is 5. The van der Waals surface area contributed by atoms with Crippen molar-refractivity contribution in [3.8, 4) is 17.2 Å². The Morgan fingerprint density at radius 2 is 1.70 bits per heavy atom. The zero-order chi connectivity index (χ0) is 14.5. The van der Waals surface area contributed by atoms with Crippen LogP contribution < -0.4 is 5.32 Å². The summed E-state index contributed by atoms with van der Waals surface area (Å²) in [4.78, 5) is 0. The summed E-state index contributed by atoms with van der Waals surface area (Å²) >= 11 is 0. The lowest BCUT2D eigenvalue weighted by Gasteiger charge is -2.30. The van der Waals surface area contributed by atoms with E-state index in [1.54, 1.807) is 6.07 Å². The van der Waals surface area contributed by atoms with E-state index >= 15 is 0 Å². The molecule has 1 aromatic rings. The predicted octanol–water partition coefficient (Wildman–Crippen LogP) is 1.69. The molecule has 1 aromatic carbocycles. The number of aliphatic hydroxyl groups excluding tert-OH is 1. The lowest BCUT2D eigenvalue weighted by atomic mass is 9.79. The SMILES string of the molecule is OCC1CCCCC1CNCc1ccc(O)c(O)c1O. The van der Waals surface area contributed by atoms with Gasteiger partial charge in [0.25, 0.3) is 0 Å². The van der Waals surface area contributed by atoms with E-state index in [1.165, 1.54) is 18.9 Å². The van der Waals surface area contributed by atoms with E-state index in [0.29, 0.717) is 23.9 Å². The smallest absolute Gasteiger partial charge is 0.200 e. The van der Waals surface area contributed by atoms with Crippen LogP contribution in [0.5, 0.6) is 17.2 Å². The third kappa shape index (κ3) is 3.35. The van der Waals surface area contributed by atoms with E-state index in [0.717, 1.165) is 19.4 Å². The molecule has 0 spiro atoms. The molecule has 2 rings (SSSR count). The molecule has 1 fully saturated rings. The van der Waals surface area contributed by atoms with Crippen LogP contribution in [0.1, 0.15) is 31.2 Å². The first-order valence-electron chi connectivity index (χ1n) is 7.17. The van der Waals surface area contributed by atoms with Crippen LogP contribution in [0.25, 0.3) is 0 Å². The molecule has 1 aliphatic rings. The zero-order valence-electron chi connectivity index (χ0n) is 11.5. The Morgan fingerprint density at radius 1 is 1.00 bits per heavy atom. The number of benzene rings is 1. The molecule has 0 saturated heterocycles. The van der Waals surface area contributed by atoms with E-state index in [4.69, 9.17) is 0 Å². The van der Waals surface area contributed by atoms with Crippen molar-refractivity contribution in [1.29, 1.82) is 0 Å². The maximum absolute atomic E-state index is 9.72. The number of rotatable bonds is 5. The van der Waals surface area contributed by atoms with Crippen molar-refractivity contribution in [2.75, 3.05) is 13.2 Å². The van der Waals surface area contributed by atoms with Crippen LogP contribution in [0, 0.1) is 11.8 Å². The Kier molecular flexibility index (Phi) is 5.09. The zero-order valence-corrected chi connectivity index (χ0v) is 11.5. The van der Waals surface area contributed by atoms with Crippen molar-refractivity contribution in [3.05, 3.63) is 17.7 Å². The Labute approximate surface area is 118 Å². The van der Waals surface area contributed by atoms with Gasteiger partial charge in [0, 0.05) is 18.7 Å². The van der Waals surface area contributed by atoms with Crippen LogP contribution in [0.3, 0.4) is 0 Å². The van der Waals surface area contributed by atoms with Gasteiger partial charge in [0.15, 0.2) is 11.5 Å². The molecule has 0 radical (unpaired) electrons. The lowest BCUT2D eigenvalue weighted by Crippen LogP contribution is -2.32. The first-order valence-corrected chi connectivity index (χ1v) is 7.17. The highest BCUT2D eigenvalue weighted by Crippen LogP contribution is 2.37. The van der Waals surface area contributed by atoms with E-state index in [1.807, 2.05) is 0 Å². The van der Waals surface area contributed by atoms with Gasteiger partial charge in [-0.05, 0) is 37.3 Å². The van der Waals surface area contributed by atoms with Gasteiger partial charge in [-0.25, -0.2) is 0 Å². The fraction of sp³-hybridized carbons (Fsp3) is 0.600. The average Bonchev–Trinajstić information content (AvgIpc) is 2.47. The molecule has 5 nitrogen and oxygen atoms in total. The number of phenols is 3. The number of nitrogens with one attached hydrogen (secondary N) is 1. The van der Waals surface area contributed by atoms with Gasteiger partial charge in [0.1, 0.15) is 0 Å². The van der Waals surface area contributed by atoms with Gasteiger partial charge in [-0.2, -0.15) is 0 Å². The number of aliphatic hydroxyl groups is 1. The van der Waals surface area contributed by atoms with E-state index in [-0.39, 0.29) is 18.1 Å². The van der Waals surface area contributed by atoms with Gasteiger partial charge in [0.2, 0.25) is 5.75 Å². The van der Waals surface area contributed by atoms with Gasteiger partial charge in [-0.1, -0.05) is 18.9 Å². The van der Waals surface area contributed by atoms with Crippen LogP contribution in [-0.4, -0.2) is 33.6 Å². The summed E-state index contributed by atoms with van der Waals surface area (Å²) in [7, 11) is 0. The highest BCUT2D eigenvalue weighted by atomic mass is 16.3. The molecule has 112 valence electrons. The highest BCUT2D eigenvalue weighted by Gasteiger charge is 2.24. The van der Waals surface area contributed by atoms with Gasteiger partial charge < -0.3 is 25.7 Å². The monoisotopic (exact) mass is 281 g/mol. The summed E-state index contributed by atoms with van der Waals surface area (Å²) in [6.07, 6.45) is 4.58. The molecule has 0 aliphatic heterocycles. The Morgan fingerprint density at radius 3 is 2.40 bits per heavy atom. The van der Waals surface area contributed by atoms with Crippen molar-refractivity contribution in [1.82, 2.24) is 5.32 Å². The minimum Gasteiger partial charge on any atom is -0.504 e. The topological polar surface area (TPSA) is 93.0 Å². The first kappa shape index (κ1) is 14.9. The Balaban J connectivity index is 1.88. The third-order valence-electron chi connectivity index (χ3n) is 4.24. The van der Waals surface area contributed by atoms with Crippen LogP contribution in [0.4, 0.5) is 0 Å². The van der Waals surface area contributed by atoms with Crippen molar-refractivity contribution in [2.45, 2.75) is 32.2 Å². The van der Waals surface area contributed by atoms with E-state index in [2.05, 4.69) is 5.32 Å². The summed E-state index contributed by atoms with van der Waals surface area (Å²) in [5.41, 5.74) is 0.552. The molecule has 1 aliphatic carbocycles. The second-order valence-electron chi connectivity index (χ2n) is 5.56. The maximum Gasteiger partial charge on any atom is 0.200 e. The van der Waals surface area contributed by atoms with E-state index in [9.17, 15) is 20.4 Å². The fourth-order valence-corrected chi connectivity index (χ4v) is 2.94. The Bertz CT molecular complexity index is 450. The van der Waals surface area contributed by atoms with Crippen molar-refractivity contribution in [2.24, 2.45) is 11.8 Å². The molecule has 0 heterocycles. The van der Waals surface area contributed by atoms with E-state index < -0.39 is 5.75 Å². The summed E-state index contributed by atoms with van der Waals surface area (Å²) in [5.74, 6) is -0.256. The maximum atomic E-state index is 9.72. The normalized spacial score (nSPS) is 22.9. The van der Waals surface area contributed by atoms with Crippen LogP contribution in [0.15, 0.2) is 12.1 Å². The van der Waals surface area contributed by atoms with Crippen molar-refractivity contribution < 1.29 is 20.4 Å². The molecule has 5 N–H and O–H groups in total. The third-order valence-corrected chi connectivity index (χ3v) is 4.24. The molecular formula is C15H23NO4. The molecule has 1 saturated carbocycles. The molecule has 2 atom stereocenters. The summed E-state index contributed by atoms with van der Waals surface area (Å²) < 4.78 is 0. The molecule has 20 heavy (non-hydrogen) atoms. The molecule has 0 aromatic heterocycles. The molecular weight excluding hydrogens is 258 g/mol. The van der Waals surface area contributed by atoms with Gasteiger partial charge >= 0.3 is 0 Å². The molecule has 0 bridgehead atoms. The minimum absolute atomic E-state index is 0.234. The molecule has 0 amide bonds. The fourth-order valence-electron chi connectivity index (χ4n) is 2.94. The summed E-state index contributed by atoms with van der Waals surface area (Å²) in [5, 5.41) is 41.1. The van der Waals surface area contributed by atoms with Gasteiger partial charge in [0.05, 0.1) is 0 Å². The van der Waals surface area contributed by atoms with Crippen LogP contribution >= 0.6 is 0 Å². The number of aromatic hydroxyl groups is 3. The lowest BCUT2D eigenvalue weighted by molar-refractivity contribution is 0.133.